The Morgan fingerprint density at radius 2 is 2.33 bits per heavy atom. The number of aliphatic carboxylic acids is 1. The molecule has 0 heterocycles. The number of carboxylic acids is 1. The van der Waals surface area contributed by atoms with Crippen LogP contribution in [0.15, 0.2) is 22.7 Å². The molecule has 0 radical (unpaired) electrons. The van der Waals surface area contributed by atoms with Gasteiger partial charge in [0.2, 0.25) is 0 Å². The molecule has 0 saturated heterocycles. The largest absolute Gasteiger partial charge is 0.480 e. The van der Waals surface area contributed by atoms with E-state index in [-0.39, 0.29) is 0 Å². The second kappa shape index (κ2) is 5.69. The fraction of sp³-hybridized carbons (Fsp3) is 0.300. The van der Waals surface area contributed by atoms with E-state index in [0.29, 0.717) is 6.42 Å². The summed E-state index contributed by atoms with van der Waals surface area (Å²) in [7, 11) is 0. The average Bonchev–Trinajstić information content (AvgIpc) is 2.16. The van der Waals surface area contributed by atoms with Crippen LogP contribution in [0.1, 0.15) is 13.3 Å². The summed E-state index contributed by atoms with van der Waals surface area (Å²) in [6, 6.07) is 5.21. The van der Waals surface area contributed by atoms with Gasteiger partial charge in [0.15, 0.2) is 0 Å². The molecule has 1 rings (SSSR count). The maximum Gasteiger partial charge on any atom is 0.326 e. The molecule has 0 saturated carbocycles. The number of rotatable bonds is 4. The van der Waals surface area contributed by atoms with Crippen LogP contribution < -0.4 is 5.32 Å². The minimum Gasteiger partial charge on any atom is -0.480 e. The fourth-order valence-electron chi connectivity index (χ4n) is 1.13. The van der Waals surface area contributed by atoms with Crippen molar-refractivity contribution in [1.29, 1.82) is 0 Å². The summed E-state index contributed by atoms with van der Waals surface area (Å²) >= 11 is 5.60. The van der Waals surface area contributed by atoms with Crippen molar-refractivity contribution in [3.63, 3.8) is 0 Å². The summed E-state index contributed by atoms with van der Waals surface area (Å²) < 4.78 is 1.99. The Bertz CT molecular complexity index is 370. The summed E-state index contributed by atoms with van der Waals surface area (Å²) in [6.07, 6.45) is 0.549. The third-order valence-electron chi connectivity index (χ3n) is 1.97. The molecule has 2 N–H and O–H groups in total. The molecule has 15 heavy (non-hydrogen) atoms. The van der Waals surface area contributed by atoms with Gasteiger partial charge in [-0.15, -0.1) is 0 Å². The highest BCUT2D eigenvalue weighted by molar-refractivity contribution is 14.1. The van der Waals surface area contributed by atoms with Crippen molar-refractivity contribution in [1.82, 2.24) is 0 Å². The van der Waals surface area contributed by atoms with Crippen molar-refractivity contribution < 1.29 is 9.90 Å². The van der Waals surface area contributed by atoms with Gasteiger partial charge in [0, 0.05) is 13.7 Å². The van der Waals surface area contributed by atoms with Crippen molar-refractivity contribution in [2.75, 3.05) is 5.32 Å². The fourth-order valence-corrected chi connectivity index (χ4v) is 2.55. The normalized spacial score (nSPS) is 12.2. The van der Waals surface area contributed by atoms with Gasteiger partial charge in [-0.25, -0.2) is 4.79 Å². The number of benzene rings is 1. The lowest BCUT2D eigenvalue weighted by Gasteiger charge is -2.15. The van der Waals surface area contributed by atoms with Crippen LogP contribution in [0.4, 0.5) is 5.69 Å². The minimum atomic E-state index is -0.831. The lowest BCUT2D eigenvalue weighted by molar-refractivity contribution is -0.137. The quantitative estimate of drug-likeness (QED) is 0.784. The number of carbonyl (C=O) groups is 1. The molecular formula is C10H11BrINO2. The second-order valence-corrected chi connectivity index (χ2v) is 5.17. The summed E-state index contributed by atoms with van der Waals surface area (Å²) in [5, 5.41) is 11.9. The Balaban J connectivity index is 2.84. The first-order valence-corrected chi connectivity index (χ1v) is 6.36. The molecule has 1 atom stereocenters. The van der Waals surface area contributed by atoms with Gasteiger partial charge in [0.25, 0.3) is 0 Å². The van der Waals surface area contributed by atoms with Gasteiger partial charge in [0.05, 0.1) is 0 Å². The third-order valence-corrected chi connectivity index (χ3v) is 3.29. The molecule has 0 aliphatic rings. The zero-order valence-electron chi connectivity index (χ0n) is 8.13. The van der Waals surface area contributed by atoms with E-state index in [9.17, 15) is 4.79 Å². The molecule has 3 nitrogen and oxygen atoms in total. The summed E-state index contributed by atoms with van der Waals surface area (Å²) in [5.74, 6) is -0.831. The highest BCUT2D eigenvalue weighted by atomic mass is 127. The Morgan fingerprint density at radius 1 is 1.67 bits per heavy atom. The topological polar surface area (TPSA) is 49.3 Å². The van der Waals surface area contributed by atoms with Crippen LogP contribution in [0.25, 0.3) is 0 Å². The third kappa shape index (κ3) is 3.64. The first-order chi connectivity index (χ1) is 7.04. The maximum atomic E-state index is 10.8. The number of carboxylic acid groups (broad SMARTS) is 1. The van der Waals surface area contributed by atoms with Crippen LogP contribution in [0.2, 0.25) is 0 Å². The molecule has 82 valence electrons. The standard InChI is InChI=1S/C10H11BrINO2/c1-2-8(10(14)15)13-9-4-3-6(12)5-7(9)11/h3-5,8,13H,2H2,1H3,(H,14,15). The van der Waals surface area contributed by atoms with Gasteiger partial charge < -0.3 is 10.4 Å². The van der Waals surface area contributed by atoms with Crippen molar-refractivity contribution in [2.45, 2.75) is 19.4 Å². The highest BCUT2D eigenvalue weighted by Crippen LogP contribution is 2.25. The Morgan fingerprint density at radius 3 is 2.80 bits per heavy atom. The van der Waals surface area contributed by atoms with E-state index in [4.69, 9.17) is 5.11 Å². The van der Waals surface area contributed by atoms with Crippen LogP contribution in [0, 0.1) is 3.57 Å². The van der Waals surface area contributed by atoms with Crippen LogP contribution in [0.5, 0.6) is 0 Å². The van der Waals surface area contributed by atoms with Crippen molar-refractivity contribution in [3.8, 4) is 0 Å². The van der Waals surface area contributed by atoms with Crippen molar-refractivity contribution >= 4 is 50.2 Å². The lowest BCUT2D eigenvalue weighted by Crippen LogP contribution is -2.28. The molecule has 0 fully saturated rings. The Hall–Kier alpha value is -0.300. The van der Waals surface area contributed by atoms with Crippen LogP contribution in [-0.4, -0.2) is 17.1 Å². The molecule has 0 aromatic heterocycles. The molecule has 0 amide bonds. The average molecular weight is 384 g/mol. The zero-order valence-corrected chi connectivity index (χ0v) is 11.9. The Kier molecular flexibility index (Phi) is 4.85. The van der Waals surface area contributed by atoms with E-state index in [2.05, 4.69) is 43.8 Å². The predicted octanol–water partition coefficient (Wildman–Crippen LogP) is 3.33. The first-order valence-electron chi connectivity index (χ1n) is 4.49. The SMILES string of the molecule is CCC(Nc1ccc(I)cc1Br)C(=O)O. The maximum absolute atomic E-state index is 10.8. The number of anilines is 1. The second-order valence-electron chi connectivity index (χ2n) is 3.07. The van der Waals surface area contributed by atoms with Crippen molar-refractivity contribution in [3.05, 3.63) is 26.2 Å². The van der Waals surface area contributed by atoms with Crippen molar-refractivity contribution in [2.24, 2.45) is 0 Å². The first kappa shape index (κ1) is 12.8. The number of nitrogens with one attached hydrogen (secondary N) is 1. The summed E-state index contributed by atoms with van der Waals surface area (Å²) in [6.45, 7) is 1.84. The van der Waals surface area contributed by atoms with Crippen LogP contribution in [0.3, 0.4) is 0 Å². The van der Waals surface area contributed by atoms with Gasteiger partial charge >= 0.3 is 5.97 Å². The van der Waals surface area contributed by atoms with E-state index < -0.39 is 12.0 Å². The minimum absolute atomic E-state index is 0.540. The summed E-state index contributed by atoms with van der Waals surface area (Å²) in [4.78, 5) is 10.8. The molecule has 1 aromatic rings. The highest BCUT2D eigenvalue weighted by Gasteiger charge is 2.15. The molecule has 1 unspecified atom stereocenters. The smallest absolute Gasteiger partial charge is 0.326 e. The molecule has 1 aromatic carbocycles. The number of halogens is 2. The van der Waals surface area contributed by atoms with Gasteiger partial charge in [-0.3, -0.25) is 0 Å². The van der Waals surface area contributed by atoms with Gasteiger partial charge in [-0.1, -0.05) is 6.92 Å². The molecule has 0 spiro atoms. The van der Waals surface area contributed by atoms with Gasteiger partial charge in [0.1, 0.15) is 6.04 Å². The molecule has 0 bridgehead atoms. The number of hydrogen-bond donors (Lipinski definition) is 2. The van der Waals surface area contributed by atoms with Crippen LogP contribution >= 0.6 is 38.5 Å². The van der Waals surface area contributed by atoms with E-state index in [1.807, 2.05) is 25.1 Å². The summed E-state index contributed by atoms with van der Waals surface area (Å²) in [5.41, 5.74) is 0.810. The lowest BCUT2D eigenvalue weighted by atomic mass is 10.2. The zero-order chi connectivity index (χ0) is 11.4. The van der Waals surface area contributed by atoms with E-state index >= 15 is 0 Å². The van der Waals surface area contributed by atoms with E-state index in [1.54, 1.807) is 0 Å². The van der Waals surface area contributed by atoms with E-state index in [0.717, 1.165) is 13.7 Å². The van der Waals surface area contributed by atoms with E-state index in [1.165, 1.54) is 0 Å². The number of hydrogen-bond acceptors (Lipinski definition) is 2. The molecule has 5 heteroatoms. The molecule has 0 aliphatic carbocycles. The molecular weight excluding hydrogens is 373 g/mol. The monoisotopic (exact) mass is 383 g/mol. The predicted molar refractivity (Wildman–Crippen MR) is 72.2 cm³/mol. The van der Waals surface area contributed by atoms with Gasteiger partial charge in [-0.05, 0) is 63.1 Å². The van der Waals surface area contributed by atoms with Gasteiger partial charge in [-0.2, -0.15) is 0 Å². The van der Waals surface area contributed by atoms with Crippen LogP contribution in [-0.2, 0) is 4.79 Å². The molecule has 0 aliphatic heterocycles. The Labute approximate surface area is 111 Å².